The molecule has 6 heteroatoms. The van der Waals surface area contributed by atoms with E-state index in [0.29, 0.717) is 17.9 Å². The number of thiophene rings is 1. The lowest BCUT2D eigenvalue weighted by molar-refractivity contribution is -0.120. The number of carbonyl (C=O) groups is 2. The van der Waals surface area contributed by atoms with Crippen LogP contribution in [0.4, 0.5) is 5.69 Å². The topological polar surface area (TPSA) is 81.4 Å². The number of anilines is 1. The molecule has 2 aromatic rings. The van der Waals surface area contributed by atoms with E-state index in [1.54, 1.807) is 35.6 Å². The van der Waals surface area contributed by atoms with Crippen molar-refractivity contribution in [2.24, 2.45) is 5.73 Å². The Bertz CT molecular complexity index is 594. The van der Waals surface area contributed by atoms with Gasteiger partial charge in [-0.25, -0.2) is 0 Å². The van der Waals surface area contributed by atoms with Crippen LogP contribution in [0.1, 0.15) is 11.3 Å². The largest absolute Gasteiger partial charge is 0.484 e. The third kappa shape index (κ3) is 5.27. The van der Waals surface area contributed by atoms with Gasteiger partial charge in [0.05, 0.1) is 0 Å². The Labute approximate surface area is 126 Å². The van der Waals surface area contributed by atoms with Gasteiger partial charge in [0, 0.05) is 17.0 Å². The van der Waals surface area contributed by atoms with Crippen LogP contribution in [0.15, 0.2) is 41.8 Å². The lowest BCUT2D eigenvalue weighted by Gasteiger charge is -2.07. The molecule has 0 saturated heterocycles. The van der Waals surface area contributed by atoms with E-state index in [0.717, 1.165) is 6.42 Å². The summed E-state index contributed by atoms with van der Waals surface area (Å²) in [7, 11) is 0. The molecule has 2 rings (SSSR count). The first-order valence-electron chi connectivity index (χ1n) is 6.47. The fraction of sp³-hybridized carbons (Fsp3) is 0.200. The van der Waals surface area contributed by atoms with Crippen LogP contribution < -0.4 is 15.8 Å². The molecule has 1 aromatic heterocycles. The monoisotopic (exact) mass is 304 g/mol. The molecule has 2 amide bonds. The standard InChI is InChI=1S/C15H16N2O3S/c16-14(18)10-20-12-5-3-11(4-6-12)17-15(19)8-7-13-2-1-9-21-13/h1-6,9H,7-8,10H2,(H2,16,18)(H,17,19). The van der Waals surface area contributed by atoms with Gasteiger partial charge in [0.2, 0.25) is 5.91 Å². The molecule has 0 fully saturated rings. The number of benzene rings is 1. The Kier molecular flexibility index (Phi) is 5.34. The Balaban J connectivity index is 1.79. The van der Waals surface area contributed by atoms with Crippen LogP contribution in [0.25, 0.3) is 0 Å². The van der Waals surface area contributed by atoms with Gasteiger partial charge in [-0.15, -0.1) is 11.3 Å². The molecule has 0 atom stereocenters. The minimum absolute atomic E-state index is 0.0331. The van der Waals surface area contributed by atoms with Gasteiger partial charge >= 0.3 is 0 Å². The molecule has 0 aliphatic carbocycles. The maximum absolute atomic E-state index is 11.8. The Morgan fingerprint density at radius 3 is 2.57 bits per heavy atom. The highest BCUT2D eigenvalue weighted by Gasteiger charge is 2.04. The molecular weight excluding hydrogens is 288 g/mol. The summed E-state index contributed by atoms with van der Waals surface area (Å²) in [6, 6.07) is 10.8. The number of amides is 2. The van der Waals surface area contributed by atoms with Crippen molar-refractivity contribution in [1.29, 1.82) is 0 Å². The summed E-state index contributed by atoms with van der Waals surface area (Å²) in [5.41, 5.74) is 5.68. The number of nitrogens with two attached hydrogens (primary N) is 1. The van der Waals surface area contributed by atoms with Crippen molar-refractivity contribution in [3.8, 4) is 5.75 Å². The zero-order valence-electron chi connectivity index (χ0n) is 11.4. The average Bonchev–Trinajstić information content (AvgIpc) is 2.98. The average molecular weight is 304 g/mol. The summed E-state index contributed by atoms with van der Waals surface area (Å²) in [6.07, 6.45) is 1.18. The molecule has 0 radical (unpaired) electrons. The number of hydrogen-bond acceptors (Lipinski definition) is 4. The Hall–Kier alpha value is -2.34. The molecule has 0 aliphatic heterocycles. The predicted octanol–water partition coefficient (Wildman–Crippen LogP) is 2.18. The van der Waals surface area contributed by atoms with E-state index in [4.69, 9.17) is 10.5 Å². The molecule has 0 saturated carbocycles. The van der Waals surface area contributed by atoms with Gasteiger partial charge in [0.15, 0.2) is 6.61 Å². The lowest BCUT2D eigenvalue weighted by Crippen LogP contribution is -2.20. The van der Waals surface area contributed by atoms with Gasteiger partial charge in [-0.3, -0.25) is 9.59 Å². The summed E-state index contributed by atoms with van der Waals surface area (Å²) < 4.78 is 5.14. The third-order valence-corrected chi connectivity index (χ3v) is 3.63. The van der Waals surface area contributed by atoms with Gasteiger partial charge < -0.3 is 15.8 Å². The minimum atomic E-state index is -0.527. The highest BCUT2D eigenvalue weighted by atomic mass is 32.1. The van der Waals surface area contributed by atoms with Crippen molar-refractivity contribution in [2.75, 3.05) is 11.9 Å². The fourth-order valence-corrected chi connectivity index (χ4v) is 2.41. The second-order valence-electron chi connectivity index (χ2n) is 4.41. The molecule has 110 valence electrons. The molecule has 3 N–H and O–H groups in total. The zero-order valence-corrected chi connectivity index (χ0v) is 12.2. The van der Waals surface area contributed by atoms with Crippen molar-refractivity contribution in [2.45, 2.75) is 12.8 Å². The van der Waals surface area contributed by atoms with E-state index < -0.39 is 5.91 Å². The number of ether oxygens (including phenoxy) is 1. The zero-order chi connectivity index (χ0) is 15.1. The van der Waals surface area contributed by atoms with Crippen LogP contribution in [0, 0.1) is 0 Å². The summed E-state index contributed by atoms with van der Waals surface area (Å²) in [5.74, 6) is -0.0273. The van der Waals surface area contributed by atoms with Gasteiger partial charge in [-0.05, 0) is 42.1 Å². The van der Waals surface area contributed by atoms with E-state index in [9.17, 15) is 9.59 Å². The molecule has 0 aliphatic rings. The first kappa shape index (κ1) is 15.1. The van der Waals surface area contributed by atoms with E-state index in [1.165, 1.54) is 4.88 Å². The molecule has 0 spiro atoms. The predicted molar refractivity (Wildman–Crippen MR) is 82.4 cm³/mol. The van der Waals surface area contributed by atoms with E-state index in [-0.39, 0.29) is 12.5 Å². The quantitative estimate of drug-likeness (QED) is 0.822. The summed E-state index contributed by atoms with van der Waals surface area (Å²) >= 11 is 1.65. The number of aryl methyl sites for hydroxylation is 1. The third-order valence-electron chi connectivity index (χ3n) is 2.70. The van der Waals surface area contributed by atoms with E-state index in [1.807, 2.05) is 17.5 Å². The van der Waals surface area contributed by atoms with Crippen LogP contribution in [0.5, 0.6) is 5.75 Å². The summed E-state index contributed by atoms with van der Waals surface area (Å²) in [4.78, 5) is 23.6. The van der Waals surface area contributed by atoms with Gasteiger partial charge in [0.1, 0.15) is 5.75 Å². The number of rotatable bonds is 7. The normalized spacial score (nSPS) is 10.1. The molecule has 0 unspecified atom stereocenters. The van der Waals surface area contributed by atoms with Crippen LogP contribution in [-0.4, -0.2) is 18.4 Å². The highest BCUT2D eigenvalue weighted by Crippen LogP contribution is 2.16. The van der Waals surface area contributed by atoms with Crippen LogP contribution in [0.2, 0.25) is 0 Å². The van der Waals surface area contributed by atoms with Crippen molar-refractivity contribution in [3.05, 3.63) is 46.7 Å². The van der Waals surface area contributed by atoms with Crippen LogP contribution in [0.3, 0.4) is 0 Å². The number of nitrogens with one attached hydrogen (secondary N) is 1. The van der Waals surface area contributed by atoms with Gasteiger partial charge in [-0.2, -0.15) is 0 Å². The Morgan fingerprint density at radius 2 is 1.95 bits per heavy atom. The molecule has 0 bridgehead atoms. The SMILES string of the molecule is NC(=O)COc1ccc(NC(=O)CCc2cccs2)cc1. The van der Waals surface area contributed by atoms with Crippen molar-refractivity contribution < 1.29 is 14.3 Å². The maximum atomic E-state index is 11.8. The second kappa shape index (κ2) is 7.44. The molecular formula is C15H16N2O3S. The van der Waals surface area contributed by atoms with Gasteiger partial charge in [0.25, 0.3) is 5.91 Å². The summed E-state index contributed by atoms with van der Waals surface area (Å²) in [6.45, 7) is -0.160. The second-order valence-corrected chi connectivity index (χ2v) is 5.44. The van der Waals surface area contributed by atoms with Gasteiger partial charge in [-0.1, -0.05) is 6.07 Å². The Morgan fingerprint density at radius 1 is 1.19 bits per heavy atom. The molecule has 1 aromatic carbocycles. The molecule has 21 heavy (non-hydrogen) atoms. The lowest BCUT2D eigenvalue weighted by atomic mass is 10.2. The van der Waals surface area contributed by atoms with Crippen molar-refractivity contribution in [3.63, 3.8) is 0 Å². The van der Waals surface area contributed by atoms with Crippen LogP contribution in [-0.2, 0) is 16.0 Å². The smallest absolute Gasteiger partial charge is 0.255 e. The number of carbonyl (C=O) groups excluding carboxylic acids is 2. The summed E-state index contributed by atoms with van der Waals surface area (Å²) in [5, 5.41) is 4.81. The maximum Gasteiger partial charge on any atom is 0.255 e. The van der Waals surface area contributed by atoms with E-state index >= 15 is 0 Å². The van der Waals surface area contributed by atoms with Crippen molar-refractivity contribution >= 4 is 28.8 Å². The minimum Gasteiger partial charge on any atom is -0.484 e. The number of primary amides is 1. The van der Waals surface area contributed by atoms with Crippen LogP contribution >= 0.6 is 11.3 Å². The highest BCUT2D eigenvalue weighted by molar-refractivity contribution is 7.09. The van der Waals surface area contributed by atoms with Crippen molar-refractivity contribution in [1.82, 2.24) is 0 Å². The van der Waals surface area contributed by atoms with E-state index in [2.05, 4.69) is 5.32 Å². The number of hydrogen-bond donors (Lipinski definition) is 2. The molecule has 5 nitrogen and oxygen atoms in total. The first-order valence-corrected chi connectivity index (χ1v) is 7.35. The molecule has 1 heterocycles. The fourth-order valence-electron chi connectivity index (χ4n) is 1.70. The first-order chi connectivity index (χ1) is 10.1.